The fourth-order valence-corrected chi connectivity index (χ4v) is 2.84. The highest BCUT2D eigenvalue weighted by molar-refractivity contribution is 5.97. The summed E-state index contributed by atoms with van der Waals surface area (Å²) >= 11 is 0. The summed E-state index contributed by atoms with van der Waals surface area (Å²) in [6.07, 6.45) is -1.27. The molecule has 1 aliphatic heterocycles. The van der Waals surface area contributed by atoms with E-state index >= 15 is 0 Å². The van der Waals surface area contributed by atoms with Gasteiger partial charge in [-0.1, -0.05) is 18.6 Å². The molecule has 1 aliphatic rings. The second-order valence-corrected chi connectivity index (χ2v) is 5.87. The number of carbonyl (C=O) groups is 1. The molecule has 0 bridgehead atoms. The standard InChI is InChI=1S/C17H25NO5/c1-4-7-18(13-9-23-10-14(19)16(13)20)17(21)12-8-11(2)5-6-15(12)22-3/h5-6,8,13-14,16,19-20H,4,7,9-10H2,1-3H3/t13-,14-,16+/m1/s1. The molecule has 1 saturated heterocycles. The van der Waals surface area contributed by atoms with Crippen molar-refractivity contribution in [2.75, 3.05) is 26.9 Å². The topological polar surface area (TPSA) is 79.2 Å². The van der Waals surface area contributed by atoms with Gasteiger partial charge in [-0.2, -0.15) is 0 Å². The maximum Gasteiger partial charge on any atom is 0.258 e. The first-order chi connectivity index (χ1) is 11.0. The van der Waals surface area contributed by atoms with E-state index in [9.17, 15) is 15.0 Å². The molecule has 6 nitrogen and oxygen atoms in total. The Hall–Kier alpha value is -1.63. The van der Waals surface area contributed by atoms with Gasteiger partial charge in [0.25, 0.3) is 5.91 Å². The summed E-state index contributed by atoms with van der Waals surface area (Å²) in [5, 5.41) is 20.1. The van der Waals surface area contributed by atoms with Crippen LogP contribution in [0.1, 0.15) is 29.3 Å². The lowest BCUT2D eigenvalue weighted by molar-refractivity contribution is -0.125. The van der Waals surface area contributed by atoms with E-state index in [1.807, 2.05) is 19.9 Å². The molecular formula is C17H25NO5. The smallest absolute Gasteiger partial charge is 0.258 e. The number of nitrogens with zero attached hydrogens (tertiary/aromatic N) is 1. The third kappa shape index (κ3) is 3.83. The number of methoxy groups -OCH3 is 1. The van der Waals surface area contributed by atoms with Gasteiger partial charge < -0.3 is 24.6 Å². The fourth-order valence-electron chi connectivity index (χ4n) is 2.84. The van der Waals surface area contributed by atoms with E-state index in [0.717, 1.165) is 12.0 Å². The average molecular weight is 323 g/mol. The molecule has 1 fully saturated rings. The van der Waals surface area contributed by atoms with E-state index in [0.29, 0.717) is 17.9 Å². The molecule has 3 atom stereocenters. The first-order valence-electron chi connectivity index (χ1n) is 7.89. The van der Waals surface area contributed by atoms with Gasteiger partial charge in [-0.15, -0.1) is 0 Å². The van der Waals surface area contributed by atoms with Gasteiger partial charge in [0.05, 0.1) is 31.9 Å². The molecule has 2 N–H and O–H groups in total. The molecule has 128 valence electrons. The molecule has 0 aliphatic carbocycles. The summed E-state index contributed by atoms with van der Waals surface area (Å²) in [6, 6.07) is 4.84. The van der Waals surface area contributed by atoms with E-state index < -0.39 is 18.2 Å². The normalized spacial score (nSPS) is 24.3. The van der Waals surface area contributed by atoms with Gasteiger partial charge in [0, 0.05) is 6.54 Å². The third-order valence-electron chi connectivity index (χ3n) is 4.08. The van der Waals surface area contributed by atoms with Crippen LogP contribution in [0.2, 0.25) is 0 Å². The fraction of sp³-hybridized carbons (Fsp3) is 0.588. The minimum atomic E-state index is -1.02. The van der Waals surface area contributed by atoms with Crippen molar-refractivity contribution >= 4 is 5.91 Å². The summed E-state index contributed by atoms with van der Waals surface area (Å²) in [5.41, 5.74) is 1.40. The molecule has 0 radical (unpaired) electrons. The van der Waals surface area contributed by atoms with Crippen LogP contribution in [0, 0.1) is 6.92 Å². The molecule has 0 saturated carbocycles. The lowest BCUT2D eigenvalue weighted by Gasteiger charge is -2.39. The van der Waals surface area contributed by atoms with Crippen LogP contribution in [0.5, 0.6) is 5.75 Å². The molecule has 1 heterocycles. The number of carbonyl (C=O) groups excluding carboxylic acids is 1. The minimum Gasteiger partial charge on any atom is -0.496 e. The maximum atomic E-state index is 13.0. The molecule has 23 heavy (non-hydrogen) atoms. The highest BCUT2D eigenvalue weighted by Crippen LogP contribution is 2.24. The number of hydrogen-bond acceptors (Lipinski definition) is 5. The summed E-state index contributed by atoms with van der Waals surface area (Å²) in [5.74, 6) is 0.266. The van der Waals surface area contributed by atoms with E-state index in [4.69, 9.17) is 9.47 Å². The molecule has 0 spiro atoms. The Morgan fingerprint density at radius 1 is 1.39 bits per heavy atom. The third-order valence-corrected chi connectivity index (χ3v) is 4.08. The number of aliphatic hydroxyl groups is 2. The first-order valence-corrected chi connectivity index (χ1v) is 7.89. The highest BCUT2D eigenvalue weighted by Gasteiger charge is 2.38. The monoisotopic (exact) mass is 323 g/mol. The molecule has 2 rings (SSSR count). The van der Waals surface area contributed by atoms with Crippen LogP contribution in [0.3, 0.4) is 0 Å². The van der Waals surface area contributed by atoms with Crippen molar-refractivity contribution in [3.8, 4) is 5.75 Å². The number of aliphatic hydroxyl groups excluding tert-OH is 2. The van der Waals surface area contributed by atoms with Gasteiger partial charge >= 0.3 is 0 Å². The minimum absolute atomic E-state index is 0.0829. The van der Waals surface area contributed by atoms with E-state index in [1.165, 1.54) is 7.11 Å². The van der Waals surface area contributed by atoms with Crippen LogP contribution in [0.15, 0.2) is 18.2 Å². The molecule has 1 aromatic rings. The Bertz CT molecular complexity index is 548. The second kappa shape index (κ2) is 7.77. The van der Waals surface area contributed by atoms with E-state index in [-0.39, 0.29) is 19.1 Å². The van der Waals surface area contributed by atoms with Crippen molar-refractivity contribution in [3.63, 3.8) is 0 Å². The van der Waals surface area contributed by atoms with Gasteiger partial charge in [-0.3, -0.25) is 4.79 Å². The largest absolute Gasteiger partial charge is 0.496 e. The SMILES string of the molecule is CCCN(C(=O)c1cc(C)ccc1OC)[C@@H]1COC[C@@H](O)[C@H]1O. The number of amides is 1. The highest BCUT2D eigenvalue weighted by atomic mass is 16.5. The average Bonchev–Trinajstić information content (AvgIpc) is 2.55. The van der Waals surface area contributed by atoms with Crippen molar-refractivity contribution < 1.29 is 24.5 Å². The van der Waals surface area contributed by atoms with Crippen molar-refractivity contribution in [1.29, 1.82) is 0 Å². The quantitative estimate of drug-likeness (QED) is 0.844. The van der Waals surface area contributed by atoms with Gasteiger partial charge in [-0.05, 0) is 25.5 Å². The van der Waals surface area contributed by atoms with Gasteiger partial charge in [0.15, 0.2) is 0 Å². The lowest BCUT2D eigenvalue weighted by atomic mass is 10.0. The van der Waals surface area contributed by atoms with Crippen molar-refractivity contribution in [1.82, 2.24) is 4.90 Å². The first kappa shape index (κ1) is 17.7. The molecule has 1 amide bonds. The summed E-state index contributed by atoms with van der Waals surface area (Å²) < 4.78 is 10.6. The Morgan fingerprint density at radius 2 is 2.13 bits per heavy atom. The molecule has 6 heteroatoms. The Balaban J connectivity index is 2.33. The number of aryl methyl sites for hydroxylation is 1. The Morgan fingerprint density at radius 3 is 2.78 bits per heavy atom. The number of hydrogen-bond donors (Lipinski definition) is 2. The maximum absolute atomic E-state index is 13.0. The molecular weight excluding hydrogens is 298 g/mol. The Labute approximate surface area is 136 Å². The van der Waals surface area contributed by atoms with Crippen LogP contribution in [0.4, 0.5) is 0 Å². The number of benzene rings is 1. The number of rotatable bonds is 5. The van der Waals surface area contributed by atoms with Crippen LogP contribution in [0.25, 0.3) is 0 Å². The van der Waals surface area contributed by atoms with Crippen LogP contribution >= 0.6 is 0 Å². The van der Waals surface area contributed by atoms with Crippen molar-refractivity contribution in [2.45, 2.75) is 38.5 Å². The van der Waals surface area contributed by atoms with Crippen molar-refractivity contribution in [3.05, 3.63) is 29.3 Å². The zero-order valence-electron chi connectivity index (χ0n) is 13.9. The van der Waals surface area contributed by atoms with Gasteiger partial charge in [-0.25, -0.2) is 0 Å². The van der Waals surface area contributed by atoms with Gasteiger partial charge in [0.2, 0.25) is 0 Å². The van der Waals surface area contributed by atoms with Crippen LogP contribution in [-0.2, 0) is 4.74 Å². The predicted molar refractivity (Wildman–Crippen MR) is 85.7 cm³/mol. The lowest BCUT2D eigenvalue weighted by Crippen LogP contribution is -2.57. The van der Waals surface area contributed by atoms with E-state index in [1.54, 1.807) is 17.0 Å². The van der Waals surface area contributed by atoms with Gasteiger partial charge in [0.1, 0.15) is 18.0 Å². The van der Waals surface area contributed by atoms with Crippen LogP contribution in [-0.4, -0.2) is 66.1 Å². The van der Waals surface area contributed by atoms with Crippen molar-refractivity contribution in [2.24, 2.45) is 0 Å². The molecule has 1 aromatic carbocycles. The summed E-state index contributed by atoms with van der Waals surface area (Å²) in [7, 11) is 1.52. The predicted octanol–water partition coefficient (Wildman–Crippen LogP) is 0.976. The van der Waals surface area contributed by atoms with Crippen LogP contribution < -0.4 is 4.74 Å². The summed E-state index contributed by atoms with van der Waals surface area (Å²) in [4.78, 5) is 14.6. The van der Waals surface area contributed by atoms with E-state index in [2.05, 4.69) is 0 Å². The summed E-state index contributed by atoms with van der Waals surface area (Å²) in [6.45, 7) is 4.62. The second-order valence-electron chi connectivity index (χ2n) is 5.87. The number of ether oxygens (including phenoxy) is 2. The zero-order valence-corrected chi connectivity index (χ0v) is 13.9. The molecule has 0 unspecified atom stereocenters. The zero-order chi connectivity index (χ0) is 17.0. The Kier molecular flexibility index (Phi) is 5.98. The molecule has 0 aromatic heterocycles.